The Morgan fingerprint density at radius 1 is 1.15 bits per heavy atom. The van der Waals surface area contributed by atoms with Crippen LogP contribution in [0.1, 0.15) is 35.1 Å². The molecule has 5 nitrogen and oxygen atoms in total. The predicted molar refractivity (Wildman–Crippen MR) is 111 cm³/mol. The van der Waals surface area contributed by atoms with Gasteiger partial charge >= 0.3 is 0 Å². The van der Waals surface area contributed by atoms with Crippen molar-refractivity contribution in [2.75, 3.05) is 20.6 Å². The van der Waals surface area contributed by atoms with E-state index >= 15 is 0 Å². The normalized spacial score (nSPS) is 13.4. The Balaban J connectivity index is 2.01. The molecule has 1 heterocycles. The minimum absolute atomic E-state index is 0.0409. The van der Waals surface area contributed by atoms with Gasteiger partial charge < -0.3 is 15.5 Å². The van der Waals surface area contributed by atoms with E-state index in [1.807, 2.05) is 39.4 Å². The Bertz CT molecular complexity index is 745. The van der Waals surface area contributed by atoms with Crippen LogP contribution in [0.5, 0.6) is 0 Å². The van der Waals surface area contributed by atoms with Crippen molar-refractivity contribution in [3.05, 3.63) is 57.2 Å². The lowest BCUT2D eigenvalue weighted by Gasteiger charge is -2.26. The molecule has 1 aromatic carbocycles. The first-order valence-electron chi connectivity index (χ1n) is 8.83. The van der Waals surface area contributed by atoms with Gasteiger partial charge in [0.25, 0.3) is 5.91 Å². The van der Waals surface area contributed by atoms with Gasteiger partial charge in [-0.2, -0.15) is 0 Å². The maximum absolute atomic E-state index is 12.7. The van der Waals surface area contributed by atoms with E-state index < -0.39 is 6.04 Å². The van der Waals surface area contributed by atoms with Crippen molar-refractivity contribution in [2.45, 2.75) is 25.9 Å². The van der Waals surface area contributed by atoms with Crippen LogP contribution in [-0.4, -0.2) is 43.4 Å². The summed E-state index contributed by atoms with van der Waals surface area (Å²) in [5.74, 6) is -0.514. The van der Waals surface area contributed by atoms with Crippen molar-refractivity contribution < 1.29 is 9.59 Å². The molecular formula is C20H26ClN3O2S. The molecule has 0 aliphatic rings. The second-order valence-corrected chi connectivity index (χ2v) is 8.36. The van der Waals surface area contributed by atoms with Crippen LogP contribution >= 0.6 is 22.9 Å². The van der Waals surface area contributed by atoms with Crippen LogP contribution in [0.3, 0.4) is 0 Å². The van der Waals surface area contributed by atoms with E-state index in [4.69, 9.17) is 11.6 Å². The van der Waals surface area contributed by atoms with Crippen LogP contribution in [0.4, 0.5) is 0 Å². The number of benzene rings is 1. The Kier molecular flexibility index (Phi) is 7.83. The van der Waals surface area contributed by atoms with Gasteiger partial charge in [0.2, 0.25) is 5.91 Å². The highest BCUT2D eigenvalue weighted by Gasteiger charge is 2.26. The summed E-state index contributed by atoms with van der Waals surface area (Å²) < 4.78 is 0. The van der Waals surface area contributed by atoms with Gasteiger partial charge in [-0.1, -0.05) is 31.5 Å². The molecule has 27 heavy (non-hydrogen) atoms. The van der Waals surface area contributed by atoms with Crippen molar-refractivity contribution in [2.24, 2.45) is 5.92 Å². The lowest BCUT2D eigenvalue weighted by molar-refractivity contribution is -0.124. The lowest BCUT2D eigenvalue weighted by atomic mass is 10.0. The van der Waals surface area contributed by atoms with Crippen LogP contribution in [0.2, 0.25) is 5.02 Å². The Morgan fingerprint density at radius 3 is 2.33 bits per heavy atom. The molecule has 0 radical (unpaired) electrons. The second kappa shape index (κ2) is 9.88. The quantitative estimate of drug-likeness (QED) is 0.703. The van der Waals surface area contributed by atoms with Crippen LogP contribution < -0.4 is 10.6 Å². The topological polar surface area (TPSA) is 61.4 Å². The van der Waals surface area contributed by atoms with Gasteiger partial charge in [-0.15, -0.1) is 11.3 Å². The van der Waals surface area contributed by atoms with Crippen LogP contribution in [0, 0.1) is 5.92 Å². The number of nitrogens with one attached hydrogen (secondary N) is 2. The van der Waals surface area contributed by atoms with Crippen LogP contribution in [0.25, 0.3) is 0 Å². The fraction of sp³-hybridized carbons (Fsp3) is 0.400. The van der Waals surface area contributed by atoms with Gasteiger partial charge in [0, 0.05) is 22.0 Å². The molecule has 0 spiro atoms. The zero-order valence-corrected chi connectivity index (χ0v) is 17.6. The fourth-order valence-corrected chi connectivity index (χ4v) is 3.74. The number of hydrogen-bond acceptors (Lipinski definition) is 4. The average molecular weight is 408 g/mol. The standard InChI is InChI=1S/C20H26ClN3O2S/c1-13(2)18(23-19(25)14-7-9-15(21)10-8-14)20(26)22-12-16(24(3)4)17-6-5-11-27-17/h5-11,13,16,18H,12H2,1-4H3,(H,22,26)(H,23,25). The summed E-state index contributed by atoms with van der Waals surface area (Å²) in [6.07, 6.45) is 0. The summed E-state index contributed by atoms with van der Waals surface area (Å²) in [5.41, 5.74) is 0.475. The predicted octanol–water partition coefficient (Wildman–Crippen LogP) is 3.58. The zero-order chi connectivity index (χ0) is 20.0. The van der Waals surface area contributed by atoms with E-state index in [1.165, 1.54) is 4.88 Å². The number of thiophene rings is 1. The first kappa shape index (κ1) is 21.4. The molecule has 2 amide bonds. The highest BCUT2D eigenvalue weighted by atomic mass is 35.5. The van der Waals surface area contributed by atoms with Gasteiger partial charge in [0.15, 0.2) is 0 Å². The SMILES string of the molecule is CC(C)C(NC(=O)c1ccc(Cl)cc1)C(=O)NCC(c1cccs1)N(C)C. The smallest absolute Gasteiger partial charge is 0.251 e. The molecule has 2 N–H and O–H groups in total. The van der Waals surface area contributed by atoms with Crippen LogP contribution in [0.15, 0.2) is 41.8 Å². The molecule has 146 valence electrons. The summed E-state index contributed by atoms with van der Waals surface area (Å²) in [6, 6.07) is 10.1. The number of likely N-dealkylation sites (N-methyl/N-ethyl adjacent to an activating group) is 1. The van der Waals surface area contributed by atoms with Gasteiger partial charge in [0.05, 0.1) is 6.04 Å². The highest BCUT2D eigenvalue weighted by molar-refractivity contribution is 7.10. The fourth-order valence-electron chi connectivity index (χ4n) is 2.69. The Labute approximate surface area is 169 Å². The number of nitrogens with zero attached hydrogens (tertiary/aromatic N) is 1. The first-order valence-corrected chi connectivity index (χ1v) is 10.1. The van der Waals surface area contributed by atoms with Crippen LogP contribution in [-0.2, 0) is 4.79 Å². The molecule has 0 aliphatic heterocycles. The summed E-state index contributed by atoms with van der Waals surface area (Å²) in [5, 5.41) is 8.41. The first-order chi connectivity index (χ1) is 12.8. The second-order valence-electron chi connectivity index (χ2n) is 6.94. The minimum atomic E-state index is -0.612. The largest absolute Gasteiger partial charge is 0.352 e. The molecule has 1 aromatic heterocycles. The van der Waals surface area contributed by atoms with Gasteiger partial charge in [-0.05, 0) is 55.7 Å². The molecule has 0 saturated heterocycles. The van der Waals surface area contributed by atoms with E-state index in [0.717, 1.165) is 0 Å². The zero-order valence-electron chi connectivity index (χ0n) is 16.0. The van der Waals surface area contributed by atoms with E-state index in [0.29, 0.717) is 17.1 Å². The number of carbonyl (C=O) groups is 2. The van der Waals surface area contributed by atoms with Crippen molar-refractivity contribution >= 4 is 34.8 Å². The molecule has 0 bridgehead atoms. The van der Waals surface area contributed by atoms with Gasteiger partial charge in [-0.25, -0.2) is 0 Å². The third kappa shape index (κ3) is 6.06. The summed E-state index contributed by atoms with van der Waals surface area (Å²) >= 11 is 7.52. The summed E-state index contributed by atoms with van der Waals surface area (Å²) in [4.78, 5) is 28.5. The molecule has 7 heteroatoms. The number of amides is 2. The van der Waals surface area contributed by atoms with Crippen molar-refractivity contribution in [1.82, 2.24) is 15.5 Å². The van der Waals surface area contributed by atoms with E-state index in [2.05, 4.69) is 21.6 Å². The monoisotopic (exact) mass is 407 g/mol. The number of carbonyl (C=O) groups excluding carboxylic acids is 2. The maximum atomic E-state index is 12.7. The molecule has 2 aromatic rings. The molecule has 0 aliphatic carbocycles. The number of rotatable bonds is 8. The maximum Gasteiger partial charge on any atom is 0.251 e. The molecule has 0 saturated carbocycles. The molecule has 2 rings (SSSR count). The van der Waals surface area contributed by atoms with E-state index in [1.54, 1.807) is 35.6 Å². The van der Waals surface area contributed by atoms with Crippen molar-refractivity contribution in [1.29, 1.82) is 0 Å². The third-order valence-electron chi connectivity index (χ3n) is 4.31. The highest BCUT2D eigenvalue weighted by Crippen LogP contribution is 2.22. The van der Waals surface area contributed by atoms with E-state index in [-0.39, 0.29) is 23.8 Å². The average Bonchev–Trinajstić information content (AvgIpc) is 3.13. The van der Waals surface area contributed by atoms with Gasteiger partial charge in [0.1, 0.15) is 6.04 Å². The summed E-state index contributed by atoms with van der Waals surface area (Å²) in [6.45, 7) is 4.30. The Hall–Kier alpha value is -1.89. The van der Waals surface area contributed by atoms with Crippen molar-refractivity contribution in [3.8, 4) is 0 Å². The third-order valence-corrected chi connectivity index (χ3v) is 5.53. The molecule has 2 atom stereocenters. The minimum Gasteiger partial charge on any atom is -0.352 e. The lowest BCUT2D eigenvalue weighted by Crippen LogP contribution is -2.50. The number of halogens is 1. The van der Waals surface area contributed by atoms with E-state index in [9.17, 15) is 9.59 Å². The summed E-state index contributed by atoms with van der Waals surface area (Å²) in [7, 11) is 3.97. The molecule has 0 fully saturated rings. The molecule has 2 unspecified atom stereocenters. The van der Waals surface area contributed by atoms with Gasteiger partial charge in [-0.3, -0.25) is 9.59 Å². The Morgan fingerprint density at radius 2 is 1.81 bits per heavy atom. The molecular weight excluding hydrogens is 382 g/mol. The van der Waals surface area contributed by atoms with Crippen molar-refractivity contribution in [3.63, 3.8) is 0 Å². The number of hydrogen-bond donors (Lipinski definition) is 2.